The predicted molar refractivity (Wildman–Crippen MR) is 171 cm³/mol. The predicted octanol–water partition coefficient (Wildman–Crippen LogP) is 6.00. The van der Waals surface area contributed by atoms with E-state index < -0.39 is 17.9 Å². The van der Waals surface area contributed by atoms with E-state index in [4.69, 9.17) is 16.2 Å². The van der Waals surface area contributed by atoms with E-state index in [1.54, 1.807) is 24.3 Å². The van der Waals surface area contributed by atoms with Gasteiger partial charge in [0.05, 0.1) is 17.7 Å². The van der Waals surface area contributed by atoms with Crippen LogP contribution in [-0.2, 0) is 9.53 Å². The second kappa shape index (κ2) is 23.5. The van der Waals surface area contributed by atoms with E-state index in [0.717, 1.165) is 19.3 Å². The molecule has 1 aromatic rings. The number of benzene rings is 1. The molecule has 0 saturated heterocycles. The highest BCUT2D eigenvalue weighted by molar-refractivity contribution is 6.08. The molecule has 1 aromatic carbocycles. The van der Waals surface area contributed by atoms with Gasteiger partial charge in [-0.05, 0) is 45.2 Å². The number of nitrogens with zero attached hydrogens (tertiary/aromatic N) is 1. The average Bonchev–Trinajstić information content (AvgIpc) is 2.96. The third kappa shape index (κ3) is 17.7. The van der Waals surface area contributed by atoms with Crippen LogP contribution in [0.4, 0.5) is 0 Å². The molecule has 2 amide bonds. The summed E-state index contributed by atoms with van der Waals surface area (Å²) in [7, 11) is 0. The van der Waals surface area contributed by atoms with Gasteiger partial charge < -0.3 is 26.8 Å². The topological polar surface area (TPSA) is 149 Å². The highest BCUT2D eigenvalue weighted by atomic mass is 16.5. The molecular formula is C33H57N5O4. The van der Waals surface area contributed by atoms with Crippen molar-refractivity contribution in [3.8, 4) is 0 Å². The number of esters is 1. The lowest BCUT2D eigenvalue weighted by molar-refractivity contribution is -0.146. The van der Waals surface area contributed by atoms with Crippen LogP contribution in [-0.4, -0.2) is 49.0 Å². The first-order chi connectivity index (χ1) is 20.3. The summed E-state index contributed by atoms with van der Waals surface area (Å²) in [6.07, 6.45) is 18.3. The zero-order valence-corrected chi connectivity index (χ0v) is 26.4. The fourth-order valence-electron chi connectivity index (χ4n) is 4.78. The van der Waals surface area contributed by atoms with Crippen LogP contribution >= 0.6 is 0 Å². The van der Waals surface area contributed by atoms with Crippen LogP contribution in [0.1, 0.15) is 144 Å². The van der Waals surface area contributed by atoms with Crippen molar-refractivity contribution in [1.82, 2.24) is 10.6 Å². The number of guanidine groups is 1. The molecule has 9 nitrogen and oxygen atoms in total. The number of amides is 2. The Balaban J connectivity index is 2.46. The van der Waals surface area contributed by atoms with Gasteiger partial charge in [0.1, 0.15) is 6.04 Å². The van der Waals surface area contributed by atoms with Crippen LogP contribution in [0.25, 0.3) is 0 Å². The molecule has 0 bridgehead atoms. The second-order valence-corrected chi connectivity index (χ2v) is 11.4. The molecular weight excluding hydrogens is 530 g/mol. The minimum Gasteiger partial charge on any atom is -0.464 e. The van der Waals surface area contributed by atoms with Crippen LogP contribution in [0.2, 0.25) is 0 Å². The molecule has 0 saturated carbocycles. The van der Waals surface area contributed by atoms with Crippen molar-refractivity contribution in [1.29, 1.82) is 0 Å². The third-order valence-corrected chi connectivity index (χ3v) is 7.11. The summed E-state index contributed by atoms with van der Waals surface area (Å²) in [5.41, 5.74) is 11.3. The number of carbonyl (C=O) groups is 3. The van der Waals surface area contributed by atoms with Crippen LogP contribution in [0, 0.1) is 0 Å². The van der Waals surface area contributed by atoms with E-state index in [9.17, 15) is 14.4 Å². The van der Waals surface area contributed by atoms with Gasteiger partial charge in [-0.15, -0.1) is 0 Å². The molecule has 0 aromatic heterocycles. The summed E-state index contributed by atoms with van der Waals surface area (Å²) in [6, 6.07) is 5.59. The summed E-state index contributed by atoms with van der Waals surface area (Å²) < 4.78 is 5.54. The molecule has 0 fully saturated rings. The Morgan fingerprint density at radius 3 is 1.69 bits per heavy atom. The lowest BCUT2D eigenvalue weighted by atomic mass is 10.0. The molecule has 42 heavy (non-hydrogen) atoms. The Bertz CT molecular complexity index is 931. The van der Waals surface area contributed by atoms with E-state index in [1.165, 1.54) is 70.6 Å². The second-order valence-electron chi connectivity index (χ2n) is 11.4. The van der Waals surface area contributed by atoms with Crippen LogP contribution in [0.15, 0.2) is 29.3 Å². The Morgan fingerprint density at radius 2 is 1.21 bits per heavy atom. The smallest absolute Gasteiger partial charge is 0.328 e. The molecule has 1 atom stereocenters. The van der Waals surface area contributed by atoms with Crippen molar-refractivity contribution < 1.29 is 19.1 Å². The number of carbonyl (C=O) groups excluding carboxylic acids is 3. The molecule has 0 aliphatic carbocycles. The Morgan fingerprint density at radius 1 is 0.738 bits per heavy atom. The molecule has 0 unspecified atom stereocenters. The van der Waals surface area contributed by atoms with E-state index in [2.05, 4.69) is 22.5 Å². The first kappa shape index (κ1) is 36.9. The fraction of sp³-hybridized carbons (Fsp3) is 0.697. The van der Waals surface area contributed by atoms with Gasteiger partial charge in [0.2, 0.25) is 0 Å². The van der Waals surface area contributed by atoms with Gasteiger partial charge >= 0.3 is 5.97 Å². The van der Waals surface area contributed by atoms with E-state index in [1.807, 2.05) is 13.8 Å². The van der Waals surface area contributed by atoms with Crippen molar-refractivity contribution in [3.63, 3.8) is 0 Å². The summed E-state index contributed by atoms with van der Waals surface area (Å²) in [6.45, 7) is 6.59. The largest absolute Gasteiger partial charge is 0.464 e. The Kier molecular flexibility index (Phi) is 20.6. The molecule has 0 aliphatic heterocycles. The summed E-state index contributed by atoms with van der Waals surface area (Å²) in [4.78, 5) is 42.7. The third-order valence-electron chi connectivity index (χ3n) is 7.11. The maximum absolute atomic E-state index is 13.2. The normalized spacial score (nSPS) is 11.6. The molecule has 6 N–H and O–H groups in total. The van der Waals surface area contributed by atoms with Crippen LogP contribution in [0.3, 0.4) is 0 Å². The number of nitrogens with two attached hydrogens (primary N) is 2. The number of ether oxygens (including phenoxy) is 1. The standard InChI is InChI=1S/C33H57N5O4/c1-4-5-6-7-8-9-10-11-12-13-14-15-16-19-25-42-32(41)29(23-20-24-36-33(34)35)38-31(40)28-22-18-17-21-27(28)30(39)37-26(2)3/h17-18,21-22,26,29H,4-16,19-20,23-25H2,1-3H3,(H,37,39)(H,38,40)(H4,34,35,36)/t29-/m1/s1. The molecule has 1 rings (SSSR count). The van der Waals surface area contributed by atoms with E-state index >= 15 is 0 Å². The van der Waals surface area contributed by atoms with Gasteiger partial charge in [-0.25, -0.2) is 4.79 Å². The van der Waals surface area contributed by atoms with Gasteiger partial charge in [-0.2, -0.15) is 0 Å². The minimum absolute atomic E-state index is 0.0268. The maximum Gasteiger partial charge on any atom is 0.328 e. The highest BCUT2D eigenvalue weighted by Crippen LogP contribution is 2.14. The summed E-state index contributed by atoms with van der Waals surface area (Å²) in [5, 5.41) is 5.57. The van der Waals surface area contributed by atoms with E-state index in [-0.39, 0.29) is 29.0 Å². The summed E-state index contributed by atoms with van der Waals surface area (Å²) >= 11 is 0. The first-order valence-electron chi connectivity index (χ1n) is 16.2. The van der Waals surface area contributed by atoms with Crippen molar-refractivity contribution in [2.75, 3.05) is 13.2 Å². The summed E-state index contributed by atoms with van der Waals surface area (Å²) in [5.74, 6) is -1.38. The lowest BCUT2D eigenvalue weighted by Crippen LogP contribution is -2.43. The number of hydrogen-bond donors (Lipinski definition) is 4. The quantitative estimate of drug-likeness (QED) is 0.0504. The molecule has 238 valence electrons. The number of rotatable bonds is 24. The number of hydrogen-bond acceptors (Lipinski definition) is 5. The van der Waals surface area contributed by atoms with Gasteiger partial charge in [0.15, 0.2) is 5.96 Å². The molecule has 0 heterocycles. The van der Waals surface area contributed by atoms with Crippen molar-refractivity contribution in [2.24, 2.45) is 16.5 Å². The number of nitrogens with one attached hydrogen (secondary N) is 2. The van der Waals surface area contributed by atoms with Crippen LogP contribution in [0.5, 0.6) is 0 Å². The zero-order valence-electron chi connectivity index (χ0n) is 26.4. The first-order valence-corrected chi connectivity index (χ1v) is 16.2. The van der Waals surface area contributed by atoms with E-state index in [0.29, 0.717) is 26.0 Å². The molecule has 0 radical (unpaired) electrons. The van der Waals surface area contributed by atoms with Gasteiger partial charge in [-0.1, -0.05) is 103 Å². The van der Waals surface area contributed by atoms with Crippen molar-refractivity contribution >= 4 is 23.7 Å². The van der Waals surface area contributed by atoms with Gasteiger partial charge in [-0.3, -0.25) is 14.6 Å². The van der Waals surface area contributed by atoms with Crippen LogP contribution < -0.4 is 22.1 Å². The van der Waals surface area contributed by atoms with Gasteiger partial charge in [0.25, 0.3) is 11.8 Å². The highest BCUT2D eigenvalue weighted by Gasteiger charge is 2.25. The Labute approximate surface area is 254 Å². The SMILES string of the molecule is CCCCCCCCCCCCCCCCOC(=O)[C@@H](CCCN=C(N)N)NC(=O)c1ccccc1C(=O)NC(C)C. The number of aliphatic imine (C=N–C) groups is 1. The minimum atomic E-state index is -0.875. The van der Waals surface area contributed by atoms with Gasteiger partial charge in [0, 0.05) is 12.6 Å². The lowest BCUT2D eigenvalue weighted by Gasteiger charge is -2.19. The fourth-order valence-corrected chi connectivity index (χ4v) is 4.78. The maximum atomic E-state index is 13.2. The molecule has 9 heteroatoms. The number of unbranched alkanes of at least 4 members (excludes halogenated alkanes) is 13. The molecule has 0 spiro atoms. The zero-order chi connectivity index (χ0) is 31.0. The van der Waals surface area contributed by atoms with Crippen molar-refractivity contribution in [3.05, 3.63) is 35.4 Å². The monoisotopic (exact) mass is 587 g/mol. The van der Waals surface area contributed by atoms with Crippen molar-refractivity contribution in [2.45, 2.75) is 136 Å². The molecule has 0 aliphatic rings. The average molecular weight is 588 g/mol. The Hall–Kier alpha value is -3.10.